The second-order valence-corrected chi connectivity index (χ2v) is 7.79. The van der Waals surface area contributed by atoms with Gasteiger partial charge in [-0.05, 0) is 47.0 Å². The van der Waals surface area contributed by atoms with Crippen molar-refractivity contribution in [3.05, 3.63) is 51.2 Å². The first kappa shape index (κ1) is 18.2. The second-order valence-electron chi connectivity index (χ2n) is 6.58. The molecule has 6 heteroatoms. The minimum atomic E-state index is 0.179. The molecule has 1 aliphatic rings. The van der Waals surface area contributed by atoms with E-state index < -0.39 is 0 Å². The van der Waals surface area contributed by atoms with E-state index in [4.69, 9.17) is 11.6 Å². The molecule has 0 radical (unpaired) electrons. The third kappa shape index (κ3) is 4.75. The highest BCUT2D eigenvalue weighted by atomic mass is 35.5. The van der Waals surface area contributed by atoms with Crippen LogP contribution in [-0.4, -0.2) is 55.5 Å². The summed E-state index contributed by atoms with van der Waals surface area (Å²) < 4.78 is 0. The molecule has 1 aromatic heterocycles. The summed E-state index contributed by atoms with van der Waals surface area (Å²) in [5, 5.41) is 4.91. The maximum atomic E-state index is 12.4. The van der Waals surface area contributed by atoms with Crippen LogP contribution >= 0.6 is 22.9 Å². The van der Waals surface area contributed by atoms with Crippen molar-refractivity contribution in [2.24, 2.45) is 0 Å². The molecule has 1 aromatic carbocycles. The molecule has 2 aromatic rings. The maximum absolute atomic E-state index is 12.4. The number of piperazine rings is 1. The molecule has 0 spiro atoms. The topological polar surface area (TPSA) is 26.8 Å². The molecule has 0 N–H and O–H groups in total. The minimum absolute atomic E-state index is 0.179. The van der Waals surface area contributed by atoms with E-state index in [-0.39, 0.29) is 5.91 Å². The lowest BCUT2D eigenvalue weighted by Crippen LogP contribution is -2.49. The molecule has 0 bridgehead atoms. The van der Waals surface area contributed by atoms with E-state index in [9.17, 15) is 4.79 Å². The van der Waals surface area contributed by atoms with E-state index in [1.165, 1.54) is 16.8 Å². The highest BCUT2D eigenvalue weighted by Gasteiger charge is 2.21. The third-order valence-electron chi connectivity index (χ3n) is 4.67. The van der Waals surface area contributed by atoms with Crippen LogP contribution in [-0.2, 0) is 11.3 Å². The molecule has 0 saturated carbocycles. The van der Waals surface area contributed by atoms with Crippen LogP contribution in [0.15, 0.2) is 35.0 Å². The fourth-order valence-corrected chi connectivity index (χ4v) is 3.95. The van der Waals surface area contributed by atoms with Gasteiger partial charge in [0.25, 0.3) is 0 Å². The molecule has 25 heavy (non-hydrogen) atoms. The van der Waals surface area contributed by atoms with E-state index in [0.717, 1.165) is 31.2 Å². The quantitative estimate of drug-likeness (QED) is 0.798. The van der Waals surface area contributed by atoms with E-state index in [1.807, 2.05) is 29.5 Å². The van der Waals surface area contributed by atoms with Gasteiger partial charge in [0, 0.05) is 50.5 Å². The van der Waals surface area contributed by atoms with Crippen molar-refractivity contribution in [2.45, 2.75) is 13.5 Å². The molecule has 3 rings (SSSR count). The number of thiophene rings is 1. The summed E-state index contributed by atoms with van der Waals surface area (Å²) in [7, 11) is 1.88. The monoisotopic (exact) mass is 377 g/mol. The lowest BCUT2D eigenvalue weighted by Gasteiger charge is -2.37. The molecule has 1 aliphatic heterocycles. The number of carbonyl (C=O) groups excluding carboxylic acids is 1. The van der Waals surface area contributed by atoms with Gasteiger partial charge in [-0.3, -0.25) is 9.69 Å². The van der Waals surface area contributed by atoms with Crippen LogP contribution < -0.4 is 4.90 Å². The Bertz CT molecular complexity index is 711. The fourth-order valence-electron chi connectivity index (χ4n) is 3.13. The van der Waals surface area contributed by atoms with Crippen LogP contribution in [0.3, 0.4) is 0 Å². The number of likely N-dealkylation sites (N-methyl/N-ethyl adjacent to an activating group) is 1. The Morgan fingerprint density at radius 3 is 2.68 bits per heavy atom. The van der Waals surface area contributed by atoms with Gasteiger partial charge in [-0.2, -0.15) is 11.3 Å². The average Bonchev–Trinajstić information content (AvgIpc) is 3.11. The number of nitrogens with zero attached hydrogens (tertiary/aromatic N) is 3. The first-order valence-corrected chi connectivity index (χ1v) is 9.83. The predicted octanol–water partition coefficient (Wildman–Crippen LogP) is 3.49. The average molecular weight is 378 g/mol. The Balaban J connectivity index is 1.50. The number of hydrogen-bond acceptors (Lipinski definition) is 4. The Morgan fingerprint density at radius 2 is 2.00 bits per heavy atom. The molecular formula is C19H24ClN3OS. The van der Waals surface area contributed by atoms with Crippen molar-refractivity contribution in [1.29, 1.82) is 0 Å². The Kier molecular flexibility index (Phi) is 5.99. The normalized spacial score (nSPS) is 15.4. The molecule has 1 fully saturated rings. The van der Waals surface area contributed by atoms with Crippen LogP contribution in [0.2, 0.25) is 5.02 Å². The summed E-state index contributed by atoms with van der Waals surface area (Å²) in [5.41, 5.74) is 3.64. The summed E-state index contributed by atoms with van der Waals surface area (Å²) in [6.45, 7) is 6.91. The van der Waals surface area contributed by atoms with E-state index >= 15 is 0 Å². The lowest BCUT2D eigenvalue weighted by atomic mass is 10.1. The van der Waals surface area contributed by atoms with Crippen LogP contribution in [0.5, 0.6) is 0 Å². The summed E-state index contributed by atoms with van der Waals surface area (Å²) in [6.07, 6.45) is 0. The Labute approximate surface area is 158 Å². The van der Waals surface area contributed by atoms with Gasteiger partial charge in [-0.15, -0.1) is 0 Å². The zero-order chi connectivity index (χ0) is 17.8. The van der Waals surface area contributed by atoms with Gasteiger partial charge in [0.2, 0.25) is 5.91 Å². The second kappa shape index (κ2) is 8.21. The van der Waals surface area contributed by atoms with E-state index in [0.29, 0.717) is 13.1 Å². The molecule has 0 unspecified atom stereocenters. The van der Waals surface area contributed by atoms with Gasteiger partial charge in [0.1, 0.15) is 0 Å². The lowest BCUT2D eigenvalue weighted by molar-refractivity contribution is -0.131. The van der Waals surface area contributed by atoms with Gasteiger partial charge in [-0.1, -0.05) is 17.7 Å². The van der Waals surface area contributed by atoms with Crippen molar-refractivity contribution in [2.75, 3.05) is 44.7 Å². The van der Waals surface area contributed by atoms with E-state index in [2.05, 4.69) is 34.2 Å². The number of amides is 1. The standard InChI is InChI=1S/C19H24ClN3OS/c1-15-3-4-17(20)11-18(15)23-8-6-22(7-9-23)13-19(24)21(2)12-16-5-10-25-14-16/h3-5,10-11,14H,6-9,12-13H2,1-2H3. The first-order valence-electron chi connectivity index (χ1n) is 8.51. The largest absolute Gasteiger partial charge is 0.369 e. The van der Waals surface area contributed by atoms with E-state index in [1.54, 1.807) is 11.3 Å². The number of aryl methyl sites for hydroxylation is 1. The number of benzene rings is 1. The van der Waals surface area contributed by atoms with Crippen molar-refractivity contribution in [3.63, 3.8) is 0 Å². The zero-order valence-corrected chi connectivity index (χ0v) is 16.3. The van der Waals surface area contributed by atoms with Crippen LogP contribution in [0, 0.1) is 6.92 Å². The summed E-state index contributed by atoms with van der Waals surface area (Å²) in [5.74, 6) is 0.179. The fraction of sp³-hybridized carbons (Fsp3) is 0.421. The number of rotatable bonds is 5. The third-order valence-corrected chi connectivity index (χ3v) is 5.64. The summed E-state index contributed by atoms with van der Waals surface area (Å²) >= 11 is 7.81. The molecule has 1 saturated heterocycles. The van der Waals surface area contributed by atoms with Crippen molar-refractivity contribution < 1.29 is 4.79 Å². The molecule has 4 nitrogen and oxygen atoms in total. The number of anilines is 1. The number of hydrogen-bond donors (Lipinski definition) is 0. The maximum Gasteiger partial charge on any atom is 0.236 e. The summed E-state index contributed by atoms with van der Waals surface area (Å²) in [6, 6.07) is 8.10. The molecule has 0 atom stereocenters. The zero-order valence-electron chi connectivity index (χ0n) is 14.7. The van der Waals surface area contributed by atoms with Gasteiger partial charge < -0.3 is 9.80 Å². The van der Waals surface area contributed by atoms with Gasteiger partial charge in [0.05, 0.1) is 6.54 Å². The summed E-state index contributed by atoms with van der Waals surface area (Å²) in [4.78, 5) is 18.9. The number of carbonyl (C=O) groups is 1. The van der Waals surface area contributed by atoms with Gasteiger partial charge in [-0.25, -0.2) is 0 Å². The van der Waals surface area contributed by atoms with Gasteiger partial charge in [0.15, 0.2) is 0 Å². The molecule has 2 heterocycles. The number of halogens is 1. The van der Waals surface area contributed by atoms with Crippen LogP contribution in [0.1, 0.15) is 11.1 Å². The van der Waals surface area contributed by atoms with Crippen LogP contribution in [0.4, 0.5) is 5.69 Å². The predicted molar refractivity (Wildman–Crippen MR) is 106 cm³/mol. The Hall–Kier alpha value is -1.56. The molecular weight excluding hydrogens is 354 g/mol. The minimum Gasteiger partial charge on any atom is -0.369 e. The van der Waals surface area contributed by atoms with Crippen molar-refractivity contribution >= 4 is 34.5 Å². The van der Waals surface area contributed by atoms with Gasteiger partial charge >= 0.3 is 0 Å². The van der Waals surface area contributed by atoms with Crippen molar-refractivity contribution in [3.8, 4) is 0 Å². The van der Waals surface area contributed by atoms with Crippen LogP contribution in [0.25, 0.3) is 0 Å². The molecule has 134 valence electrons. The first-order chi connectivity index (χ1) is 12.0. The van der Waals surface area contributed by atoms with Crippen molar-refractivity contribution in [1.82, 2.24) is 9.80 Å². The Morgan fingerprint density at radius 1 is 1.24 bits per heavy atom. The molecule has 1 amide bonds. The highest BCUT2D eigenvalue weighted by molar-refractivity contribution is 7.07. The SMILES string of the molecule is Cc1ccc(Cl)cc1N1CCN(CC(=O)N(C)Cc2ccsc2)CC1. The molecule has 0 aliphatic carbocycles. The highest BCUT2D eigenvalue weighted by Crippen LogP contribution is 2.25. The smallest absolute Gasteiger partial charge is 0.236 e.